The van der Waals surface area contributed by atoms with Crippen LogP contribution in [0.3, 0.4) is 0 Å². The van der Waals surface area contributed by atoms with Crippen LogP contribution in [0.15, 0.2) is 12.7 Å². The number of carbonyl (C=O) groups is 1. The number of amides is 1. The molecule has 1 amide bonds. The van der Waals surface area contributed by atoms with Gasteiger partial charge in [0.25, 0.3) is 0 Å². The molecule has 0 spiro atoms. The Labute approximate surface area is 85.7 Å². The largest absolute Gasteiger partial charge is 0.444 e. The minimum Gasteiger partial charge on any atom is -0.444 e. The van der Waals surface area contributed by atoms with Gasteiger partial charge in [0, 0.05) is 13.1 Å². The van der Waals surface area contributed by atoms with Crippen LogP contribution in [0.1, 0.15) is 27.2 Å². The SMILES string of the molecule is C=CCC1CN(C(=O)OC(C)(C)C)C1. The zero-order valence-electron chi connectivity index (χ0n) is 9.25. The molecule has 0 aromatic carbocycles. The van der Waals surface area contributed by atoms with Crippen LogP contribution in [-0.2, 0) is 4.74 Å². The fourth-order valence-corrected chi connectivity index (χ4v) is 1.43. The monoisotopic (exact) mass is 197 g/mol. The third kappa shape index (κ3) is 3.05. The van der Waals surface area contributed by atoms with E-state index in [-0.39, 0.29) is 11.7 Å². The first kappa shape index (κ1) is 11.1. The Hall–Kier alpha value is -0.990. The van der Waals surface area contributed by atoms with Crippen LogP contribution < -0.4 is 0 Å². The molecule has 1 heterocycles. The number of rotatable bonds is 2. The van der Waals surface area contributed by atoms with Crippen LogP contribution >= 0.6 is 0 Å². The van der Waals surface area contributed by atoms with Crippen LogP contribution in [0.25, 0.3) is 0 Å². The predicted molar refractivity (Wildman–Crippen MR) is 56.1 cm³/mol. The zero-order chi connectivity index (χ0) is 10.8. The maximum atomic E-state index is 11.5. The Kier molecular flexibility index (Phi) is 3.19. The lowest BCUT2D eigenvalue weighted by atomic mass is 9.97. The first-order valence-corrected chi connectivity index (χ1v) is 5.01. The second-order valence-electron chi connectivity index (χ2n) is 4.78. The second kappa shape index (κ2) is 4.03. The molecule has 0 saturated carbocycles. The van der Waals surface area contributed by atoms with E-state index in [1.54, 1.807) is 4.90 Å². The third-order valence-corrected chi connectivity index (χ3v) is 2.11. The molecular weight excluding hydrogens is 178 g/mol. The van der Waals surface area contributed by atoms with Crippen LogP contribution in [0.4, 0.5) is 4.79 Å². The van der Waals surface area contributed by atoms with Gasteiger partial charge in [0.15, 0.2) is 0 Å². The average molecular weight is 197 g/mol. The van der Waals surface area contributed by atoms with Crippen molar-refractivity contribution in [2.45, 2.75) is 32.8 Å². The van der Waals surface area contributed by atoms with E-state index in [9.17, 15) is 4.79 Å². The fraction of sp³-hybridized carbons (Fsp3) is 0.727. The molecule has 1 aliphatic heterocycles. The lowest BCUT2D eigenvalue weighted by molar-refractivity contribution is -0.000502. The topological polar surface area (TPSA) is 29.5 Å². The van der Waals surface area contributed by atoms with Crippen LogP contribution in [0, 0.1) is 5.92 Å². The van der Waals surface area contributed by atoms with Gasteiger partial charge in [0.1, 0.15) is 5.60 Å². The summed E-state index contributed by atoms with van der Waals surface area (Å²) in [5.74, 6) is 0.583. The quantitative estimate of drug-likeness (QED) is 0.636. The molecule has 1 rings (SSSR count). The van der Waals surface area contributed by atoms with Gasteiger partial charge in [0.05, 0.1) is 0 Å². The predicted octanol–water partition coefficient (Wildman–Crippen LogP) is 2.43. The number of hydrogen-bond acceptors (Lipinski definition) is 2. The molecule has 0 aromatic heterocycles. The van der Waals surface area contributed by atoms with Gasteiger partial charge in [-0.05, 0) is 33.1 Å². The number of hydrogen-bond donors (Lipinski definition) is 0. The van der Waals surface area contributed by atoms with Crippen LogP contribution in [-0.4, -0.2) is 29.7 Å². The van der Waals surface area contributed by atoms with Gasteiger partial charge in [-0.25, -0.2) is 4.79 Å². The van der Waals surface area contributed by atoms with E-state index < -0.39 is 0 Å². The molecule has 3 nitrogen and oxygen atoms in total. The molecule has 1 saturated heterocycles. The summed E-state index contributed by atoms with van der Waals surface area (Å²) >= 11 is 0. The Morgan fingerprint density at radius 2 is 2.14 bits per heavy atom. The second-order valence-corrected chi connectivity index (χ2v) is 4.78. The Bertz CT molecular complexity index is 224. The summed E-state index contributed by atoms with van der Waals surface area (Å²) in [5, 5.41) is 0. The number of likely N-dealkylation sites (tertiary alicyclic amines) is 1. The summed E-state index contributed by atoms with van der Waals surface area (Å²) < 4.78 is 5.23. The summed E-state index contributed by atoms with van der Waals surface area (Å²) in [7, 11) is 0. The minimum absolute atomic E-state index is 0.196. The number of nitrogens with zero attached hydrogens (tertiary/aromatic N) is 1. The number of ether oxygens (including phenoxy) is 1. The lowest BCUT2D eigenvalue weighted by Crippen LogP contribution is -2.51. The van der Waals surface area contributed by atoms with Crippen molar-refractivity contribution in [3.8, 4) is 0 Å². The van der Waals surface area contributed by atoms with Crippen molar-refractivity contribution in [1.29, 1.82) is 0 Å². The summed E-state index contributed by atoms with van der Waals surface area (Å²) in [6, 6.07) is 0. The standard InChI is InChI=1S/C11H19NO2/c1-5-6-9-7-12(8-9)10(13)14-11(2,3)4/h5,9H,1,6-8H2,2-4H3. The Morgan fingerprint density at radius 1 is 1.57 bits per heavy atom. The summed E-state index contributed by atoms with van der Waals surface area (Å²) in [4.78, 5) is 13.2. The molecule has 0 radical (unpaired) electrons. The highest BCUT2D eigenvalue weighted by Crippen LogP contribution is 2.21. The first-order valence-electron chi connectivity index (χ1n) is 5.01. The van der Waals surface area contributed by atoms with Gasteiger partial charge >= 0.3 is 6.09 Å². The molecule has 0 atom stereocenters. The van der Waals surface area contributed by atoms with Crippen molar-refractivity contribution >= 4 is 6.09 Å². The molecule has 1 aliphatic rings. The molecule has 14 heavy (non-hydrogen) atoms. The summed E-state index contributed by atoms with van der Waals surface area (Å²) in [5.41, 5.74) is -0.388. The van der Waals surface area contributed by atoms with Gasteiger partial charge in [-0.15, -0.1) is 6.58 Å². The minimum atomic E-state index is -0.388. The zero-order valence-corrected chi connectivity index (χ0v) is 9.25. The van der Waals surface area contributed by atoms with Gasteiger partial charge in [-0.1, -0.05) is 6.08 Å². The smallest absolute Gasteiger partial charge is 0.410 e. The lowest BCUT2D eigenvalue weighted by Gasteiger charge is -2.39. The van der Waals surface area contributed by atoms with Gasteiger partial charge < -0.3 is 9.64 Å². The van der Waals surface area contributed by atoms with E-state index in [1.165, 1.54) is 0 Å². The highest BCUT2D eigenvalue weighted by Gasteiger charge is 2.32. The van der Waals surface area contributed by atoms with Crippen molar-refractivity contribution in [2.24, 2.45) is 5.92 Å². The highest BCUT2D eigenvalue weighted by atomic mass is 16.6. The van der Waals surface area contributed by atoms with Crippen LogP contribution in [0.5, 0.6) is 0 Å². The van der Waals surface area contributed by atoms with Gasteiger partial charge in [0.2, 0.25) is 0 Å². The Morgan fingerprint density at radius 3 is 2.57 bits per heavy atom. The molecule has 0 unspecified atom stereocenters. The summed E-state index contributed by atoms with van der Waals surface area (Å²) in [6.45, 7) is 10.9. The maximum absolute atomic E-state index is 11.5. The van der Waals surface area contributed by atoms with E-state index in [2.05, 4.69) is 6.58 Å². The molecule has 0 aliphatic carbocycles. The van der Waals surface area contributed by atoms with E-state index in [0.29, 0.717) is 5.92 Å². The molecule has 0 N–H and O–H groups in total. The molecule has 0 aromatic rings. The van der Waals surface area contributed by atoms with Crippen molar-refractivity contribution in [2.75, 3.05) is 13.1 Å². The Balaban J connectivity index is 2.26. The molecule has 3 heteroatoms. The molecule has 1 fully saturated rings. The fourth-order valence-electron chi connectivity index (χ4n) is 1.43. The van der Waals surface area contributed by atoms with Crippen molar-refractivity contribution in [3.63, 3.8) is 0 Å². The first-order chi connectivity index (χ1) is 6.42. The average Bonchev–Trinajstić information content (AvgIpc) is 1.91. The van der Waals surface area contributed by atoms with E-state index >= 15 is 0 Å². The normalized spacial score (nSPS) is 17.5. The molecule has 80 valence electrons. The van der Waals surface area contributed by atoms with E-state index in [0.717, 1.165) is 19.5 Å². The molecular formula is C11H19NO2. The van der Waals surface area contributed by atoms with Crippen molar-refractivity contribution in [1.82, 2.24) is 4.90 Å². The molecule has 0 bridgehead atoms. The third-order valence-electron chi connectivity index (χ3n) is 2.11. The maximum Gasteiger partial charge on any atom is 0.410 e. The number of allylic oxidation sites excluding steroid dienone is 1. The summed E-state index contributed by atoms with van der Waals surface area (Å²) in [6.07, 6.45) is 2.69. The van der Waals surface area contributed by atoms with E-state index in [4.69, 9.17) is 4.74 Å². The van der Waals surface area contributed by atoms with Gasteiger partial charge in [-0.2, -0.15) is 0 Å². The highest BCUT2D eigenvalue weighted by molar-refractivity contribution is 5.69. The van der Waals surface area contributed by atoms with Crippen molar-refractivity contribution < 1.29 is 9.53 Å². The number of carbonyl (C=O) groups excluding carboxylic acids is 1. The van der Waals surface area contributed by atoms with Crippen molar-refractivity contribution in [3.05, 3.63) is 12.7 Å². The van der Waals surface area contributed by atoms with Gasteiger partial charge in [-0.3, -0.25) is 0 Å². The van der Waals surface area contributed by atoms with Crippen LogP contribution in [0.2, 0.25) is 0 Å². The van der Waals surface area contributed by atoms with E-state index in [1.807, 2.05) is 26.8 Å².